The number of carbonyl (C=O) groups is 1. The largest absolute Gasteiger partial charge is 0.464 e. The van der Waals surface area contributed by atoms with Crippen molar-refractivity contribution in [2.24, 2.45) is 5.92 Å². The van der Waals surface area contributed by atoms with E-state index in [0.29, 0.717) is 12.5 Å². The van der Waals surface area contributed by atoms with Crippen molar-refractivity contribution in [1.29, 1.82) is 0 Å². The number of aliphatic hydroxyl groups is 1. The Hall–Kier alpha value is -1.81. The van der Waals surface area contributed by atoms with E-state index in [4.69, 9.17) is 4.42 Å². The van der Waals surface area contributed by atoms with Crippen LogP contribution in [0.25, 0.3) is 11.0 Å². The van der Waals surface area contributed by atoms with Crippen LogP contribution in [0.2, 0.25) is 0 Å². The number of hydrogen-bond acceptors (Lipinski definition) is 3. The Morgan fingerprint density at radius 2 is 2.24 bits per heavy atom. The zero-order valence-electron chi connectivity index (χ0n) is 11.8. The Balaban J connectivity index is 1.54. The topological polar surface area (TPSA) is 62.5 Å². The Kier molecular flexibility index (Phi) is 3.00. The van der Waals surface area contributed by atoms with Crippen LogP contribution in [-0.4, -0.2) is 17.1 Å². The number of benzene rings is 1. The van der Waals surface area contributed by atoms with Gasteiger partial charge in [0.2, 0.25) is 5.91 Å². The van der Waals surface area contributed by atoms with Gasteiger partial charge in [0.05, 0.1) is 12.4 Å². The van der Waals surface area contributed by atoms with Crippen LogP contribution in [0.15, 0.2) is 28.9 Å². The minimum absolute atomic E-state index is 0.0582. The number of rotatable bonds is 3. The average Bonchev–Trinajstić information content (AvgIpc) is 2.86. The number of nitrogens with one attached hydrogen (secondary N) is 1. The van der Waals surface area contributed by atoms with Crippen LogP contribution < -0.4 is 5.32 Å². The summed E-state index contributed by atoms with van der Waals surface area (Å²) in [7, 11) is 0. The predicted octanol–water partition coefficient (Wildman–Crippen LogP) is 2.70. The van der Waals surface area contributed by atoms with Crippen molar-refractivity contribution in [1.82, 2.24) is 5.32 Å². The van der Waals surface area contributed by atoms with Gasteiger partial charge in [0.15, 0.2) is 0 Å². The van der Waals surface area contributed by atoms with Crippen molar-refractivity contribution < 1.29 is 14.3 Å². The molecule has 4 heteroatoms. The van der Waals surface area contributed by atoms with E-state index in [0.717, 1.165) is 35.8 Å². The lowest BCUT2D eigenvalue weighted by atomic mass is 9.80. The Morgan fingerprint density at radius 3 is 3.00 bits per heavy atom. The number of furan rings is 1. The summed E-state index contributed by atoms with van der Waals surface area (Å²) >= 11 is 0. The molecule has 2 unspecified atom stereocenters. The van der Waals surface area contributed by atoms with Crippen LogP contribution in [-0.2, 0) is 11.2 Å². The van der Waals surface area contributed by atoms with Crippen molar-refractivity contribution in [3.63, 3.8) is 0 Å². The molecule has 0 bridgehead atoms. The lowest BCUT2D eigenvalue weighted by molar-refractivity contribution is -0.124. The molecule has 1 aromatic carbocycles. The van der Waals surface area contributed by atoms with Gasteiger partial charge in [-0.2, -0.15) is 0 Å². The average molecular weight is 285 g/mol. The van der Waals surface area contributed by atoms with E-state index in [9.17, 15) is 9.90 Å². The van der Waals surface area contributed by atoms with Crippen LogP contribution >= 0.6 is 0 Å². The second-order valence-electron chi connectivity index (χ2n) is 6.29. The molecule has 0 aliphatic heterocycles. The van der Waals surface area contributed by atoms with Gasteiger partial charge in [0, 0.05) is 29.3 Å². The number of aliphatic hydroxyl groups excluding tert-OH is 1. The predicted molar refractivity (Wildman–Crippen MR) is 78.8 cm³/mol. The third-order valence-corrected chi connectivity index (χ3v) is 4.88. The molecule has 0 spiro atoms. The second kappa shape index (κ2) is 4.88. The van der Waals surface area contributed by atoms with Gasteiger partial charge in [-0.1, -0.05) is 12.1 Å². The fraction of sp³-hybridized carbons (Fsp3) is 0.471. The minimum Gasteiger partial charge on any atom is -0.464 e. The summed E-state index contributed by atoms with van der Waals surface area (Å²) < 4.78 is 5.52. The first-order chi connectivity index (χ1) is 10.2. The highest BCUT2D eigenvalue weighted by atomic mass is 16.3. The lowest BCUT2D eigenvalue weighted by Gasteiger charge is -2.30. The molecular weight excluding hydrogens is 266 g/mol. The van der Waals surface area contributed by atoms with Crippen LogP contribution in [0.3, 0.4) is 0 Å². The lowest BCUT2D eigenvalue weighted by Crippen LogP contribution is -2.41. The number of carbonyl (C=O) groups excluding carboxylic acids is 1. The number of hydrogen-bond donors (Lipinski definition) is 2. The Labute approximate surface area is 123 Å². The van der Waals surface area contributed by atoms with E-state index in [1.807, 2.05) is 12.1 Å². The molecule has 1 aromatic heterocycles. The summed E-state index contributed by atoms with van der Waals surface area (Å²) in [5.74, 6) is -0.0105. The zero-order chi connectivity index (χ0) is 14.4. The normalized spacial score (nSPS) is 24.8. The zero-order valence-corrected chi connectivity index (χ0v) is 11.8. The molecule has 2 N–H and O–H groups in total. The molecule has 0 radical (unpaired) electrons. The SMILES string of the molecule is O=C(CC1Cc2cccc3occ(c23)C1O)NC1CCC1. The van der Waals surface area contributed by atoms with E-state index >= 15 is 0 Å². The second-order valence-corrected chi connectivity index (χ2v) is 6.29. The maximum atomic E-state index is 12.1. The molecular formula is C17H19NO3. The van der Waals surface area contributed by atoms with E-state index in [-0.39, 0.29) is 11.8 Å². The van der Waals surface area contributed by atoms with E-state index in [1.54, 1.807) is 6.26 Å². The summed E-state index contributed by atoms with van der Waals surface area (Å²) in [5.41, 5.74) is 2.82. The molecule has 110 valence electrons. The summed E-state index contributed by atoms with van der Waals surface area (Å²) in [5, 5.41) is 14.6. The fourth-order valence-electron chi connectivity index (χ4n) is 3.49. The third kappa shape index (κ3) is 2.14. The van der Waals surface area contributed by atoms with Crippen molar-refractivity contribution in [3.8, 4) is 0 Å². The fourth-order valence-corrected chi connectivity index (χ4v) is 3.49. The summed E-state index contributed by atoms with van der Waals surface area (Å²) in [6, 6.07) is 6.29. The standard InChI is InChI=1S/C17H19NO3/c19-15(18-12-4-2-5-12)8-11-7-10-3-1-6-14-16(10)13(9-21-14)17(11)20/h1,3,6,9,11-12,17,20H,2,4-5,7-8H2,(H,18,19). The molecule has 2 aromatic rings. The molecule has 1 amide bonds. The molecule has 1 heterocycles. The van der Waals surface area contributed by atoms with E-state index in [2.05, 4.69) is 11.4 Å². The summed E-state index contributed by atoms with van der Waals surface area (Å²) in [6.45, 7) is 0. The van der Waals surface area contributed by atoms with Crippen molar-refractivity contribution >= 4 is 16.9 Å². The highest BCUT2D eigenvalue weighted by molar-refractivity contribution is 5.86. The van der Waals surface area contributed by atoms with Crippen molar-refractivity contribution in [2.45, 2.75) is 44.2 Å². The van der Waals surface area contributed by atoms with Gasteiger partial charge in [0.1, 0.15) is 5.58 Å². The monoisotopic (exact) mass is 285 g/mol. The Bertz CT molecular complexity index is 686. The first kappa shape index (κ1) is 12.9. The molecule has 1 saturated carbocycles. The molecule has 21 heavy (non-hydrogen) atoms. The maximum Gasteiger partial charge on any atom is 0.220 e. The van der Waals surface area contributed by atoms with Gasteiger partial charge >= 0.3 is 0 Å². The van der Waals surface area contributed by atoms with Gasteiger partial charge < -0.3 is 14.8 Å². The molecule has 2 aliphatic rings. The van der Waals surface area contributed by atoms with Crippen molar-refractivity contribution in [3.05, 3.63) is 35.6 Å². The number of amides is 1. The minimum atomic E-state index is -0.617. The smallest absolute Gasteiger partial charge is 0.220 e. The van der Waals surface area contributed by atoms with E-state index in [1.165, 1.54) is 12.0 Å². The van der Waals surface area contributed by atoms with Gasteiger partial charge in [-0.05, 0) is 37.3 Å². The maximum absolute atomic E-state index is 12.1. The highest BCUT2D eigenvalue weighted by Crippen LogP contribution is 2.41. The third-order valence-electron chi connectivity index (χ3n) is 4.88. The van der Waals surface area contributed by atoms with Gasteiger partial charge in [-0.3, -0.25) is 4.79 Å². The van der Waals surface area contributed by atoms with Crippen LogP contribution in [0.1, 0.15) is 42.9 Å². The molecule has 2 atom stereocenters. The van der Waals surface area contributed by atoms with Crippen LogP contribution in [0.4, 0.5) is 0 Å². The quantitative estimate of drug-likeness (QED) is 0.911. The first-order valence-corrected chi connectivity index (χ1v) is 7.69. The van der Waals surface area contributed by atoms with Gasteiger partial charge in [-0.15, -0.1) is 0 Å². The van der Waals surface area contributed by atoms with Crippen LogP contribution in [0.5, 0.6) is 0 Å². The van der Waals surface area contributed by atoms with Gasteiger partial charge in [0.25, 0.3) is 0 Å². The molecule has 0 saturated heterocycles. The first-order valence-electron chi connectivity index (χ1n) is 7.69. The van der Waals surface area contributed by atoms with E-state index < -0.39 is 6.10 Å². The van der Waals surface area contributed by atoms with Gasteiger partial charge in [-0.25, -0.2) is 0 Å². The van der Waals surface area contributed by atoms with Crippen LogP contribution in [0, 0.1) is 5.92 Å². The molecule has 4 nitrogen and oxygen atoms in total. The summed E-state index contributed by atoms with van der Waals surface area (Å²) in [6.07, 6.45) is 5.50. The summed E-state index contributed by atoms with van der Waals surface area (Å²) in [4.78, 5) is 12.1. The molecule has 4 rings (SSSR count). The molecule has 1 fully saturated rings. The highest BCUT2D eigenvalue weighted by Gasteiger charge is 2.33. The Morgan fingerprint density at radius 1 is 1.38 bits per heavy atom. The van der Waals surface area contributed by atoms with Crippen molar-refractivity contribution in [2.75, 3.05) is 0 Å². The molecule has 2 aliphatic carbocycles.